The van der Waals surface area contributed by atoms with E-state index >= 15 is 0 Å². The topological polar surface area (TPSA) is 140 Å². The van der Waals surface area contributed by atoms with Crippen molar-refractivity contribution in [2.75, 3.05) is 14.2 Å². The maximum atomic E-state index is 12.6. The summed E-state index contributed by atoms with van der Waals surface area (Å²) in [5.41, 5.74) is 3.18. The SMILES string of the molecule is COC(=O)C1C2c3ccccc3C(C1C(=O)OC)[n+]1ccccc12.[O-][Cl+](O)(O)O. The monoisotopic (exact) mass is 426 g/mol. The Morgan fingerprint density at radius 3 is 2.03 bits per heavy atom. The minimum atomic E-state index is -4.19. The second-order valence-electron chi connectivity index (χ2n) is 6.62. The number of carbonyl (C=O) groups is 2. The predicted molar refractivity (Wildman–Crippen MR) is 90.7 cm³/mol. The summed E-state index contributed by atoms with van der Waals surface area (Å²) in [7, 11) is -1.47. The zero-order valence-corrected chi connectivity index (χ0v) is 16.4. The van der Waals surface area contributed by atoms with Crippen LogP contribution in [0.5, 0.6) is 0 Å². The number of hydrogen-bond donors (Lipinski definition) is 3. The fourth-order valence-electron chi connectivity index (χ4n) is 4.34. The molecule has 1 aromatic heterocycles. The third kappa shape index (κ3) is 3.96. The van der Waals surface area contributed by atoms with Gasteiger partial charge in [0, 0.05) is 17.7 Å². The number of aromatic nitrogens is 1. The van der Waals surface area contributed by atoms with Crippen molar-refractivity contribution in [2.45, 2.75) is 12.0 Å². The van der Waals surface area contributed by atoms with E-state index in [9.17, 15) is 9.59 Å². The number of ether oxygens (including phenoxy) is 2. The summed E-state index contributed by atoms with van der Waals surface area (Å²) in [6.45, 7) is 0. The standard InChI is InChI=1S/C19H18NO4.ClH3O4/c1-23-18(21)15-14-11-7-3-4-8-12(11)17(16(15)19(22)24-2)20-10-6-5-9-13(14)20;2-1(3,4)5/h3-10,14-17H,1-2H3;2-4H/q+1;. The summed E-state index contributed by atoms with van der Waals surface area (Å²) in [5.74, 6) is -2.14. The van der Waals surface area contributed by atoms with Crippen molar-refractivity contribution in [3.8, 4) is 0 Å². The van der Waals surface area contributed by atoms with Crippen molar-refractivity contribution < 1.29 is 52.5 Å². The molecule has 2 bridgehead atoms. The molecule has 2 aromatic rings. The molecule has 1 aliphatic carbocycles. The Morgan fingerprint density at radius 1 is 0.931 bits per heavy atom. The van der Waals surface area contributed by atoms with Gasteiger partial charge in [-0.2, -0.15) is 4.57 Å². The molecular weight excluding hydrogens is 406 g/mol. The van der Waals surface area contributed by atoms with Crippen molar-refractivity contribution in [3.63, 3.8) is 0 Å². The van der Waals surface area contributed by atoms with E-state index in [1.165, 1.54) is 14.2 Å². The molecule has 0 amide bonds. The number of nitrogens with zero attached hydrogens (tertiary/aromatic N) is 1. The van der Waals surface area contributed by atoms with Gasteiger partial charge in [-0.15, -0.1) is 0 Å². The summed E-state index contributed by atoms with van der Waals surface area (Å²) < 4.78 is 42.4. The first-order chi connectivity index (χ1) is 13.7. The zero-order chi connectivity index (χ0) is 21.3. The molecule has 3 N–H and O–H groups in total. The van der Waals surface area contributed by atoms with E-state index in [1.807, 2.05) is 48.7 Å². The molecule has 0 radical (unpaired) electrons. The number of carbonyl (C=O) groups excluding carboxylic acids is 2. The number of benzene rings is 1. The van der Waals surface area contributed by atoms with Gasteiger partial charge in [0.1, 0.15) is 5.92 Å². The van der Waals surface area contributed by atoms with E-state index < -0.39 is 22.1 Å². The Morgan fingerprint density at radius 2 is 1.45 bits per heavy atom. The van der Waals surface area contributed by atoms with Crippen molar-refractivity contribution in [3.05, 3.63) is 65.5 Å². The Balaban J connectivity index is 0.000000431. The second kappa shape index (κ2) is 8.05. The number of fused-ring (bicyclic) bond motifs is 1. The van der Waals surface area contributed by atoms with Crippen LogP contribution in [0.3, 0.4) is 0 Å². The van der Waals surface area contributed by atoms with Gasteiger partial charge in [-0.05, 0) is 5.56 Å². The average Bonchev–Trinajstić information content (AvgIpc) is 2.70. The van der Waals surface area contributed by atoms with Crippen LogP contribution in [0.4, 0.5) is 0 Å². The van der Waals surface area contributed by atoms with Gasteiger partial charge in [0.25, 0.3) is 0 Å². The van der Waals surface area contributed by atoms with Crippen LogP contribution in [0.25, 0.3) is 0 Å². The van der Waals surface area contributed by atoms with Gasteiger partial charge in [-0.3, -0.25) is 9.59 Å². The van der Waals surface area contributed by atoms with Crippen LogP contribution in [0.1, 0.15) is 28.8 Å². The molecule has 3 heterocycles. The van der Waals surface area contributed by atoms with Crippen LogP contribution in [0.2, 0.25) is 0 Å². The molecule has 2 aliphatic heterocycles. The van der Waals surface area contributed by atoms with Crippen LogP contribution < -0.4 is 9.23 Å². The van der Waals surface area contributed by atoms with E-state index in [0.29, 0.717) is 0 Å². The molecule has 156 valence electrons. The first-order valence-corrected chi connectivity index (χ1v) is 9.92. The zero-order valence-electron chi connectivity index (χ0n) is 15.6. The van der Waals surface area contributed by atoms with Gasteiger partial charge < -0.3 is 9.47 Å². The van der Waals surface area contributed by atoms with E-state index in [-0.39, 0.29) is 23.9 Å². The number of esters is 2. The quantitative estimate of drug-likeness (QED) is 0.399. The summed E-state index contributed by atoms with van der Waals surface area (Å²) >= 11 is 0. The second-order valence-corrected chi connectivity index (χ2v) is 7.48. The number of halogens is 1. The Bertz CT molecular complexity index is 807. The molecule has 0 saturated heterocycles. The van der Waals surface area contributed by atoms with E-state index in [1.54, 1.807) is 0 Å². The van der Waals surface area contributed by atoms with Crippen LogP contribution >= 0.6 is 0 Å². The first kappa shape index (κ1) is 21.2. The molecule has 4 unspecified atom stereocenters. The van der Waals surface area contributed by atoms with Crippen molar-refractivity contribution in [1.82, 2.24) is 0 Å². The summed E-state index contributed by atoms with van der Waals surface area (Å²) in [6.07, 6.45) is 1.96. The number of hydrogen-bond acceptors (Lipinski definition) is 8. The van der Waals surface area contributed by atoms with Gasteiger partial charge in [-0.25, -0.2) is 0 Å². The molecule has 5 rings (SSSR count). The summed E-state index contributed by atoms with van der Waals surface area (Å²) in [5, 5.41) is 0. The van der Waals surface area contributed by atoms with E-state index in [4.69, 9.17) is 28.1 Å². The Hall–Kier alpha value is -2.56. The maximum absolute atomic E-state index is 12.6. The third-order valence-electron chi connectivity index (χ3n) is 5.22. The van der Waals surface area contributed by atoms with Crippen molar-refractivity contribution >= 4 is 11.9 Å². The molecule has 10 heteroatoms. The van der Waals surface area contributed by atoms with Crippen LogP contribution in [0.15, 0.2) is 48.7 Å². The van der Waals surface area contributed by atoms with Crippen molar-refractivity contribution in [1.29, 1.82) is 0 Å². The summed E-state index contributed by atoms with van der Waals surface area (Å²) in [4.78, 5) is 25.1. The van der Waals surface area contributed by atoms with Gasteiger partial charge in [0.2, 0.25) is 0 Å². The fraction of sp³-hybridized carbons (Fsp3) is 0.316. The number of rotatable bonds is 2. The van der Waals surface area contributed by atoms with Crippen LogP contribution in [0, 0.1) is 22.1 Å². The van der Waals surface area contributed by atoms with Gasteiger partial charge in [-0.1, -0.05) is 30.3 Å². The number of pyridine rings is 1. The Kier molecular flexibility index (Phi) is 5.87. The number of methoxy groups -OCH3 is 2. The van der Waals surface area contributed by atoms with Crippen LogP contribution in [-0.2, 0) is 19.1 Å². The Labute approximate surface area is 168 Å². The third-order valence-corrected chi connectivity index (χ3v) is 5.22. The van der Waals surface area contributed by atoms with E-state index in [2.05, 4.69) is 4.57 Å². The van der Waals surface area contributed by atoms with Gasteiger partial charge in [0.05, 0.1) is 26.1 Å². The van der Waals surface area contributed by atoms with Gasteiger partial charge >= 0.3 is 40.8 Å². The molecular formula is C19H21ClNO8+. The first-order valence-electron chi connectivity index (χ1n) is 8.59. The molecule has 9 nitrogen and oxygen atoms in total. The van der Waals surface area contributed by atoms with Crippen molar-refractivity contribution in [2.24, 2.45) is 11.8 Å². The molecule has 0 spiro atoms. The molecule has 0 saturated carbocycles. The fourth-order valence-corrected chi connectivity index (χ4v) is 4.34. The van der Waals surface area contributed by atoms with E-state index in [0.717, 1.165) is 16.8 Å². The molecule has 1 aromatic carbocycles. The molecule has 4 atom stereocenters. The predicted octanol–water partition coefficient (Wildman–Crippen LogP) is -1.26. The van der Waals surface area contributed by atoms with Gasteiger partial charge in [0.15, 0.2) is 17.9 Å². The molecule has 0 fully saturated rings. The minimum absolute atomic E-state index is 0.219. The normalized spacial score (nSPS) is 24.3. The molecule has 3 aliphatic rings. The average molecular weight is 427 g/mol. The molecule has 29 heavy (non-hydrogen) atoms. The van der Waals surface area contributed by atoms with Crippen LogP contribution in [-0.4, -0.2) is 40.1 Å². The summed E-state index contributed by atoms with van der Waals surface area (Å²) in [6, 6.07) is 13.6.